The summed E-state index contributed by atoms with van der Waals surface area (Å²) in [6.07, 6.45) is 5.14. The first-order valence-electron chi connectivity index (χ1n) is 8.73. The monoisotopic (exact) mass is 410 g/mol. The van der Waals surface area contributed by atoms with E-state index < -0.39 is 10.8 Å². The van der Waals surface area contributed by atoms with Gasteiger partial charge in [0.2, 0.25) is 0 Å². The number of hydrogen-bond donors (Lipinski definition) is 0. The SMILES string of the molecule is O=[S@@](CCSc1nnc(-c2cccnc2)n1Cc1ccco1)c1ccccc1. The van der Waals surface area contributed by atoms with Crippen molar-refractivity contribution in [1.82, 2.24) is 19.7 Å². The topological polar surface area (TPSA) is 73.8 Å². The second-order valence-corrected chi connectivity index (χ2v) is 8.56. The van der Waals surface area contributed by atoms with E-state index in [1.54, 1.807) is 30.4 Å². The molecule has 1 atom stereocenters. The molecule has 0 N–H and O–H groups in total. The lowest BCUT2D eigenvalue weighted by Crippen LogP contribution is -2.05. The molecular weight excluding hydrogens is 392 g/mol. The lowest BCUT2D eigenvalue weighted by atomic mass is 10.2. The molecule has 0 fully saturated rings. The van der Waals surface area contributed by atoms with Crippen LogP contribution in [-0.4, -0.2) is 35.5 Å². The first-order valence-corrected chi connectivity index (χ1v) is 11.0. The molecule has 0 saturated carbocycles. The number of nitrogens with zero attached hydrogens (tertiary/aromatic N) is 4. The highest BCUT2D eigenvalue weighted by Gasteiger charge is 2.16. The summed E-state index contributed by atoms with van der Waals surface area (Å²) in [7, 11) is -1.03. The van der Waals surface area contributed by atoms with E-state index in [1.165, 1.54) is 0 Å². The minimum Gasteiger partial charge on any atom is -0.467 e. The summed E-state index contributed by atoms with van der Waals surface area (Å²) in [5.74, 6) is 2.77. The summed E-state index contributed by atoms with van der Waals surface area (Å²) in [4.78, 5) is 5.02. The normalized spacial score (nSPS) is 12.1. The molecule has 28 heavy (non-hydrogen) atoms. The Bertz CT molecular complexity index is 1030. The number of aromatic nitrogens is 4. The molecule has 4 rings (SSSR count). The smallest absolute Gasteiger partial charge is 0.191 e. The highest BCUT2D eigenvalue weighted by Crippen LogP contribution is 2.25. The molecule has 0 bridgehead atoms. The van der Waals surface area contributed by atoms with Gasteiger partial charge in [-0.1, -0.05) is 30.0 Å². The molecular formula is C20H18N4O2S2. The quantitative estimate of drug-likeness (QED) is 0.411. The Morgan fingerprint density at radius 2 is 1.93 bits per heavy atom. The molecule has 0 aliphatic heterocycles. The van der Waals surface area contributed by atoms with Crippen molar-refractivity contribution in [3.05, 3.63) is 79.0 Å². The summed E-state index contributed by atoms with van der Waals surface area (Å²) >= 11 is 1.54. The zero-order valence-corrected chi connectivity index (χ0v) is 16.6. The number of thioether (sulfide) groups is 1. The van der Waals surface area contributed by atoms with Crippen molar-refractivity contribution in [3.63, 3.8) is 0 Å². The number of furan rings is 1. The van der Waals surface area contributed by atoms with Crippen LogP contribution in [0.5, 0.6) is 0 Å². The van der Waals surface area contributed by atoms with Gasteiger partial charge in [0, 0.05) is 34.4 Å². The van der Waals surface area contributed by atoms with Crippen LogP contribution in [0.1, 0.15) is 5.76 Å². The average molecular weight is 411 g/mol. The van der Waals surface area contributed by atoms with Crippen molar-refractivity contribution in [3.8, 4) is 11.4 Å². The standard InChI is InChI=1S/C20H18N4O2S2/c25-28(18-8-2-1-3-9-18)13-12-27-20-23-22-19(16-6-4-10-21-14-16)24(20)15-17-7-5-11-26-17/h1-11,14H,12-13,15H2/t28-/m0/s1. The van der Waals surface area contributed by atoms with Crippen LogP contribution < -0.4 is 0 Å². The molecule has 6 nitrogen and oxygen atoms in total. The third kappa shape index (κ3) is 4.40. The van der Waals surface area contributed by atoms with Gasteiger partial charge in [0.25, 0.3) is 0 Å². The lowest BCUT2D eigenvalue weighted by molar-refractivity contribution is 0.485. The first kappa shape index (κ1) is 18.6. The van der Waals surface area contributed by atoms with Gasteiger partial charge < -0.3 is 4.42 Å². The predicted octanol–water partition coefficient (Wildman–Crippen LogP) is 3.88. The zero-order valence-electron chi connectivity index (χ0n) is 15.0. The fourth-order valence-corrected chi connectivity index (χ4v) is 4.93. The van der Waals surface area contributed by atoms with Crippen LogP contribution in [0, 0.1) is 0 Å². The van der Waals surface area contributed by atoms with E-state index in [2.05, 4.69) is 15.2 Å². The molecule has 0 spiro atoms. The Hall–Kier alpha value is -2.71. The van der Waals surface area contributed by atoms with Gasteiger partial charge in [-0.25, -0.2) is 0 Å². The predicted molar refractivity (Wildman–Crippen MR) is 110 cm³/mol. The summed E-state index contributed by atoms with van der Waals surface area (Å²) in [5.41, 5.74) is 0.890. The van der Waals surface area contributed by atoms with E-state index in [4.69, 9.17) is 4.42 Å². The summed E-state index contributed by atoms with van der Waals surface area (Å²) in [5, 5.41) is 9.47. The van der Waals surface area contributed by atoms with Gasteiger partial charge in [0.1, 0.15) is 5.76 Å². The lowest BCUT2D eigenvalue weighted by Gasteiger charge is -2.08. The van der Waals surface area contributed by atoms with Crippen LogP contribution >= 0.6 is 11.8 Å². The number of hydrogen-bond acceptors (Lipinski definition) is 6. The second-order valence-electron chi connectivity index (χ2n) is 5.92. The summed E-state index contributed by atoms with van der Waals surface area (Å²) < 4.78 is 19.9. The van der Waals surface area contributed by atoms with E-state index in [0.717, 1.165) is 27.2 Å². The van der Waals surface area contributed by atoms with Crippen LogP contribution in [0.25, 0.3) is 11.4 Å². The van der Waals surface area contributed by atoms with Gasteiger partial charge in [0.15, 0.2) is 11.0 Å². The van der Waals surface area contributed by atoms with Crippen molar-refractivity contribution in [2.45, 2.75) is 16.6 Å². The first-order chi connectivity index (χ1) is 13.8. The highest BCUT2D eigenvalue weighted by atomic mass is 32.2. The molecule has 1 aromatic carbocycles. The molecule has 0 amide bonds. The minimum absolute atomic E-state index is 0.522. The maximum Gasteiger partial charge on any atom is 0.191 e. The van der Waals surface area contributed by atoms with Gasteiger partial charge in [-0.05, 0) is 36.4 Å². The Morgan fingerprint density at radius 3 is 2.68 bits per heavy atom. The van der Waals surface area contributed by atoms with E-state index in [1.807, 2.05) is 59.2 Å². The number of benzene rings is 1. The summed E-state index contributed by atoms with van der Waals surface area (Å²) in [6.45, 7) is 0.522. The van der Waals surface area contributed by atoms with Crippen molar-refractivity contribution in [1.29, 1.82) is 0 Å². The highest BCUT2D eigenvalue weighted by molar-refractivity contribution is 8.00. The third-order valence-corrected chi connectivity index (χ3v) is 6.64. The van der Waals surface area contributed by atoms with Crippen LogP contribution in [0.2, 0.25) is 0 Å². The maximum absolute atomic E-state index is 12.4. The zero-order chi connectivity index (χ0) is 19.2. The Balaban J connectivity index is 1.51. The van der Waals surface area contributed by atoms with E-state index in [-0.39, 0.29) is 0 Å². The van der Waals surface area contributed by atoms with Gasteiger partial charge in [0.05, 0.1) is 23.6 Å². The van der Waals surface area contributed by atoms with E-state index in [0.29, 0.717) is 18.1 Å². The van der Waals surface area contributed by atoms with Gasteiger partial charge in [-0.2, -0.15) is 0 Å². The molecule has 3 heterocycles. The fraction of sp³-hybridized carbons (Fsp3) is 0.150. The van der Waals surface area contributed by atoms with Gasteiger partial charge in [-0.15, -0.1) is 10.2 Å². The van der Waals surface area contributed by atoms with Crippen molar-refractivity contribution < 1.29 is 8.63 Å². The molecule has 4 aromatic rings. The van der Waals surface area contributed by atoms with Crippen LogP contribution in [0.3, 0.4) is 0 Å². The molecule has 0 aliphatic rings. The maximum atomic E-state index is 12.4. The fourth-order valence-electron chi connectivity index (χ4n) is 2.70. The molecule has 0 radical (unpaired) electrons. The number of rotatable bonds is 8. The Kier molecular flexibility index (Phi) is 5.98. The Morgan fingerprint density at radius 1 is 1.04 bits per heavy atom. The molecule has 142 valence electrons. The molecule has 3 aromatic heterocycles. The minimum atomic E-state index is -1.03. The van der Waals surface area contributed by atoms with E-state index in [9.17, 15) is 4.21 Å². The molecule has 0 saturated heterocycles. The van der Waals surface area contributed by atoms with Crippen molar-refractivity contribution in [2.24, 2.45) is 0 Å². The summed E-state index contributed by atoms with van der Waals surface area (Å²) in [6, 6.07) is 17.1. The van der Waals surface area contributed by atoms with E-state index >= 15 is 0 Å². The molecule has 0 aliphatic carbocycles. The van der Waals surface area contributed by atoms with Crippen molar-refractivity contribution >= 4 is 22.6 Å². The third-order valence-electron chi connectivity index (χ3n) is 4.04. The second kappa shape index (κ2) is 8.99. The van der Waals surface area contributed by atoms with Crippen LogP contribution in [0.4, 0.5) is 0 Å². The molecule has 8 heteroatoms. The van der Waals surface area contributed by atoms with Gasteiger partial charge in [-0.3, -0.25) is 13.8 Å². The van der Waals surface area contributed by atoms with Crippen LogP contribution in [0.15, 0.2) is 87.7 Å². The number of pyridine rings is 1. The molecule has 0 unspecified atom stereocenters. The van der Waals surface area contributed by atoms with Crippen molar-refractivity contribution in [2.75, 3.05) is 11.5 Å². The van der Waals surface area contributed by atoms with Gasteiger partial charge >= 0.3 is 0 Å². The van der Waals surface area contributed by atoms with Crippen LogP contribution in [-0.2, 0) is 17.3 Å². The Labute approximate surface area is 169 Å². The average Bonchev–Trinajstić information content (AvgIpc) is 3.40. The largest absolute Gasteiger partial charge is 0.467 e.